The van der Waals surface area contributed by atoms with Crippen LogP contribution in [-0.2, 0) is 29.2 Å². The van der Waals surface area contributed by atoms with Crippen LogP contribution in [0.25, 0.3) is 17.0 Å². The van der Waals surface area contributed by atoms with Gasteiger partial charge in [0.25, 0.3) is 11.1 Å². The van der Waals surface area contributed by atoms with Crippen molar-refractivity contribution in [1.82, 2.24) is 14.8 Å². The molecule has 0 spiro atoms. The molecule has 0 unspecified atom stereocenters. The lowest BCUT2D eigenvalue weighted by atomic mass is 10.1. The average molecular weight is 550 g/mol. The molecule has 9 heteroatoms. The number of carbonyl (C=O) groups excluding carboxylic acids is 3. The van der Waals surface area contributed by atoms with Crippen molar-refractivity contribution in [1.29, 1.82) is 0 Å². The zero-order valence-corrected chi connectivity index (χ0v) is 20.8. The number of hydrogen-bond acceptors (Lipinski definition) is 5. The summed E-state index contributed by atoms with van der Waals surface area (Å²) in [6.07, 6.45) is 5.11. The number of aromatic nitrogens is 1. The molecule has 0 radical (unpaired) electrons. The predicted octanol–water partition coefficient (Wildman–Crippen LogP) is 5.55. The van der Waals surface area contributed by atoms with E-state index in [1.807, 2.05) is 59.3 Å². The quantitative estimate of drug-likeness (QED) is 0.305. The van der Waals surface area contributed by atoms with Gasteiger partial charge in [-0.1, -0.05) is 46.3 Å². The Kier molecular flexibility index (Phi) is 6.61. The van der Waals surface area contributed by atoms with Gasteiger partial charge in [-0.15, -0.1) is 0 Å². The van der Waals surface area contributed by atoms with Gasteiger partial charge in [-0.25, -0.2) is 0 Å². The average Bonchev–Trinajstić information content (AvgIpc) is 3.55. The smallest absolute Gasteiger partial charge is 0.293 e. The molecule has 0 aliphatic carbocycles. The Bertz CT molecular complexity index is 1440. The number of hydrogen-bond donors (Lipinski definition) is 1. The number of nitrogens with one attached hydrogen (secondary N) is 1. The van der Waals surface area contributed by atoms with Crippen LogP contribution in [0.5, 0.6) is 0 Å². The second-order valence-electron chi connectivity index (χ2n) is 7.98. The molecule has 3 heterocycles. The van der Waals surface area contributed by atoms with Gasteiger partial charge in [0.2, 0.25) is 5.91 Å². The third-order valence-corrected chi connectivity index (χ3v) is 6.97. The highest BCUT2D eigenvalue weighted by molar-refractivity contribution is 9.10. The number of carbonyl (C=O) groups is 3. The van der Waals surface area contributed by atoms with Crippen LogP contribution >= 0.6 is 27.7 Å². The molecule has 1 aliphatic rings. The molecule has 3 amide bonds. The highest BCUT2D eigenvalue weighted by Gasteiger charge is 2.35. The van der Waals surface area contributed by atoms with Crippen LogP contribution < -0.4 is 5.32 Å². The Labute approximate surface area is 213 Å². The zero-order valence-electron chi connectivity index (χ0n) is 18.4. The lowest BCUT2D eigenvalue weighted by Gasteiger charge is -2.12. The van der Waals surface area contributed by atoms with E-state index in [1.165, 1.54) is 4.90 Å². The number of halogens is 1. The van der Waals surface area contributed by atoms with Gasteiger partial charge in [-0.3, -0.25) is 19.3 Å². The minimum atomic E-state index is -0.323. The van der Waals surface area contributed by atoms with Gasteiger partial charge >= 0.3 is 0 Å². The summed E-state index contributed by atoms with van der Waals surface area (Å²) in [7, 11) is 0. The molecule has 4 aromatic rings. The Morgan fingerprint density at radius 3 is 2.69 bits per heavy atom. The largest absolute Gasteiger partial charge is 0.467 e. The molecule has 0 bridgehead atoms. The van der Waals surface area contributed by atoms with Crippen molar-refractivity contribution in [3.63, 3.8) is 0 Å². The summed E-state index contributed by atoms with van der Waals surface area (Å²) in [4.78, 5) is 39.8. The first-order valence-electron chi connectivity index (χ1n) is 10.8. The second-order valence-corrected chi connectivity index (χ2v) is 9.89. The molecule has 1 fully saturated rings. The summed E-state index contributed by atoms with van der Waals surface area (Å²) in [5.41, 5.74) is 2.48. The van der Waals surface area contributed by atoms with Crippen LogP contribution in [0.2, 0.25) is 0 Å². The fourth-order valence-corrected chi connectivity index (χ4v) is 5.09. The summed E-state index contributed by atoms with van der Waals surface area (Å²) >= 11 is 4.43. The molecule has 1 saturated heterocycles. The Balaban J connectivity index is 1.40. The fourth-order valence-electron chi connectivity index (χ4n) is 3.90. The first-order chi connectivity index (χ1) is 17.0. The lowest BCUT2D eigenvalue weighted by molar-refractivity contribution is -0.123. The molecular formula is C26H20BrN3O4S. The molecule has 35 heavy (non-hydrogen) atoms. The number of fused-ring (bicyclic) bond motifs is 1. The van der Waals surface area contributed by atoms with Crippen molar-refractivity contribution in [2.45, 2.75) is 19.6 Å². The van der Waals surface area contributed by atoms with Gasteiger partial charge in [-0.05, 0) is 53.7 Å². The fraction of sp³-hybridized carbons (Fsp3) is 0.115. The number of imide groups is 1. The minimum Gasteiger partial charge on any atom is -0.467 e. The lowest BCUT2D eigenvalue weighted by Crippen LogP contribution is -2.27. The van der Waals surface area contributed by atoms with E-state index in [-0.39, 0.29) is 30.1 Å². The Hall–Kier alpha value is -3.56. The maximum Gasteiger partial charge on any atom is 0.293 e. The Morgan fingerprint density at radius 1 is 1.09 bits per heavy atom. The molecule has 1 aliphatic heterocycles. The van der Waals surface area contributed by atoms with Gasteiger partial charge in [0, 0.05) is 27.1 Å². The topological polar surface area (TPSA) is 84.5 Å². The molecule has 0 saturated carbocycles. The van der Waals surface area contributed by atoms with Gasteiger partial charge in [-0.2, -0.15) is 0 Å². The molecule has 2 aromatic heterocycles. The van der Waals surface area contributed by atoms with E-state index >= 15 is 0 Å². The van der Waals surface area contributed by atoms with Crippen molar-refractivity contribution >= 4 is 61.7 Å². The molecule has 5 rings (SSSR count). The van der Waals surface area contributed by atoms with Crippen molar-refractivity contribution < 1.29 is 18.8 Å². The molecular weight excluding hydrogens is 530 g/mol. The standard InChI is InChI=1S/C26H20BrN3O4S/c27-19-8-9-22-21(12-19)18(15-29(22)16-24(31)28-13-20-7-4-10-34-20)11-23-25(32)30(26(33)35-23)14-17-5-2-1-3-6-17/h1-12,15H,13-14,16H2,(H,28,31)/b23-11-. The van der Waals surface area contributed by atoms with Gasteiger partial charge in [0.15, 0.2) is 0 Å². The highest BCUT2D eigenvalue weighted by Crippen LogP contribution is 2.35. The maximum atomic E-state index is 13.0. The van der Waals surface area contributed by atoms with Crippen LogP contribution in [0, 0.1) is 0 Å². The van der Waals surface area contributed by atoms with Crippen molar-refractivity contribution in [3.05, 3.63) is 99.4 Å². The number of thioether (sulfide) groups is 1. The number of rotatable bonds is 7. The summed E-state index contributed by atoms with van der Waals surface area (Å²) in [6.45, 7) is 0.631. The van der Waals surface area contributed by atoms with E-state index in [0.717, 1.165) is 38.3 Å². The van der Waals surface area contributed by atoms with Gasteiger partial charge < -0.3 is 14.3 Å². The van der Waals surface area contributed by atoms with E-state index in [1.54, 1.807) is 24.5 Å². The number of nitrogens with zero attached hydrogens (tertiary/aromatic N) is 2. The third-order valence-electron chi connectivity index (χ3n) is 5.57. The van der Waals surface area contributed by atoms with Gasteiger partial charge in [0.1, 0.15) is 12.3 Å². The summed E-state index contributed by atoms with van der Waals surface area (Å²) in [6, 6.07) is 18.7. The summed E-state index contributed by atoms with van der Waals surface area (Å²) < 4.78 is 7.97. The summed E-state index contributed by atoms with van der Waals surface area (Å²) in [5.74, 6) is 0.179. The van der Waals surface area contributed by atoms with E-state index in [0.29, 0.717) is 17.2 Å². The van der Waals surface area contributed by atoms with Crippen molar-refractivity contribution in [2.75, 3.05) is 0 Å². The van der Waals surface area contributed by atoms with Crippen LogP contribution in [-0.4, -0.2) is 26.5 Å². The van der Waals surface area contributed by atoms with Crippen LogP contribution in [0.1, 0.15) is 16.9 Å². The highest BCUT2D eigenvalue weighted by atomic mass is 79.9. The number of amides is 3. The van der Waals surface area contributed by atoms with Crippen molar-refractivity contribution in [2.24, 2.45) is 0 Å². The Morgan fingerprint density at radius 2 is 1.91 bits per heavy atom. The molecule has 1 N–H and O–H groups in total. The number of benzene rings is 2. The van der Waals surface area contributed by atoms with Crippen LogP contribution in [0.15, 0.2) is 86.9 Å². The van der Waals surface area contributed by atoms with E-state index in [2.05, 4.69) is 21.2 Å². The third kappa shape index (κ3) is 5.11. The molecule has 0 atom stereocenters. The monoisotopic (exact) mass is 549 g/mol. The minimum absolute atomic E-state index is 0.0994. The molecule has 176 valence electrons. The first-order valence-corrected chi connectivity index (χ1v) is 12.5. The van der Waals surface area contributed by atoms with E-state index < -0.39 is 0 Å². The normalized spacial score (nSPS) is 14.9. The number of furan rings is 1. The van der Waals surface area contributed by atoms with E-state index in [4.69, 9.17) is 4.42 Å². The van der Waals surface area contributed by atoms with Gasteiger partial charge in [0.05, 0.1) is 24.3 Å². The van der Waals surface area contributed by atoms with E-state index in [9.17, 15) is 14.4 Å². The maximum absolute atomic E-state index is 13.0. The summed E-state index contributed by atoms with van der Waals surface area (Å²) in [5, 5.41) is 3.42. The predicted molar refractivity (Wildman–Crippen MR) is 138 cm³/mol. The first kappa shape index (κ1) is 23.2. The SMILES string of the molecule is O=C(Cn1cc(/C=C2\SC(=O)N(Cc3ccccc3)C2=O)c2cc(Br)ccc21)NCc1ccco1. The van der Waals surface area contributed by atoms with Crippen LogP contribution in [0.3, 0.4) is 0 Å². The van der Waals surface area contributed by atoms with Crippen LogP contribution in [0.4, 0.5) is 4.79 Å². The molecule has 2 aromatic carbocycles. The zero-order chi connectivity index (χ0) is 24.4. The van der Waals surface area contributed by atoms with Crippen molar-refractivity contribution in [3.8, 4) is 0 Å². The second kappa shape index (κ2) is 9.97. The molecule has 7 nitrogen and oxygen atoms in total.